The van der Waals surface area contributed by atoms with Gasteiger partial charge in [-0.1, -0.05) is 29.8 Å². The number of rotatable bonds is 4. The molecule has 22 heavy (non-hydrogen) atoms. The molecule has 0 spiro atoms. The van der Waals surface area contributed by atoms with Crippen LogP contribution in [-0.4, -0.2) is 13.0 Å². The third kappa shape index (κ3) is 3.27. The van der Waals surface area contributed by atoms with Gasteiger partial charge in [0.1, 0.15) is 11.6 Å². The molecule has 4 heteroatoms. The molecule has 0 aliphatic carbocycles. The van der Waals surface area contributed by atoms with E-state index in [1.54, 1.807) is 19.2 Å². The zero-order valence-electron chi connectivity index (χ0n) is 13.2. The summed E-state index contributed by atoms with van der Waals surface area (Å²) in [6.07, 6.45) is 0. The molecule has 0 atom stereocenters. The van der Waals surface area contributed by atoms with Crippen LogP contribution in [0.15, 0.2) is 42.5 Å². The molecule has 2 aromatic rings. The molecule has 2 aromatic carbocycles. The number of hydrogen-bond acceptors (Lipinski definition) is 2. The fraction of sp³-hybridized carbons (Fsp3) is 0.278. The minimum absolute atomic E-state index is 0.0444. The van der Waals surface area contributed by atoms with Gasteiger partial charge in [-0.3, -0.25) is 4.79 Å². The second-order valence-electron chi connectivity index (χ2n) is 5.76. The first-order valence-electron chi connectivity index (χ1n) is 7.07. The van der Waals surface area contributed by atoms with Crippen molar-refractivity contribution in [2.24, 2.45) is 0 Å². The normalized spacial score (nSPS) is 11.1. The second-order valence-corrected chi connectivity index (χ2v) is 5.76. The fourth-order valence-corrected chi connectivity index (χ4v) is 2.39. The zero-order valence-corrected chi connectivity index (χ0v) is 13.2. The number of methoxy groups -OCH3 is 1. The van der Waals surface area contributed by atoms with E-state index in [0.717, 1.165) is 11.1 Å². The number of ether oxygens (including phenoxy) is 1. The Morgan fingerprint density at radius 1 is 1.18 bits per heavy atom. The molecule has 0 saturated heterocycles. The molecule has 0 heterocycles. The van der Waals surface area contributed by atoms with Crippen LogP contribution < -0.4 is 10.1 Å². The smallest absolute Gasteiger partial charge is 0.254 e. The van der Waals surface area contributed by atoms with Gasteiger partial charge in [0, 0.05) is 5.56 Å². The summed E-state index contributed by atoms with van der Waals surface area (Å²) in [4.78, 5) is 12.4. The van der Waals surface area contributed by atoms with Crippen LogP contribution in [0, 0.1) is 12.7 Å². The lowest BCUT2D eigenvalue weighted by Crippen LogP contribution is -2.41. The molecule has 0 aliphatic rings. The third-order valence-electron chi connectivity index (χ3n) is 3.57. The van der Waals surface area contributed by atoms with Gasteiger partial charge in [-0.05, 0) is 39.0 Å². The molecule has 1 N–H and O–H groups in total. The maximum Gasteiger partial charge on any atom is 0.254 e. The number of aryl methyl sites for hydroxylation is 1. The van der Waals surface area contributed by atoms with Crippen molar-refractivity contribution in [3.63, 3.8) is 0 Å². The largest absolute Gasteiger partial charge is 0.496 e. The van der Waals surface area contributed by atoms with Gasteiger partial charge in [0.05, 0.1) is 18.2 Å². The Morgan fingerprint density at radius 3 is 2.55 bits per heavy atom. The molecule has 0 aromatic heterocycles. The topological polar surface area (TPSA) is 38.3 Å². The van der Waals surface area contributed by atoms with Crippen LogP contribution in [0.4, 0.5) is 4.39 Å². The molecule has 116 valence electrons. The first kappa shape index (κ1) is 16.0. The Kier molecular flexibility index (Phi) is 4.50. The average molecular weight is 301 g/mol. The number of amides is 1. The SMILES string of the molecule is COc1ccccc1C(C)(C)NC(=O)c1cc(C)ccc1F. The third-order valence-corrected chi connectivity index (χ3v) is 3.57. The Labute approximate surface area is 130 Å². The predicted octanol–water partition coefficient (Wildman–Crippen LogP) is 3.81. The Morgan fingerprint density at radius 2 is 1.86 bits per heavy atom. The van der Waals surface area contributed by atoms with E-state index in [2.05, 4.69) is 5.32 Å². The highest BCUT2D eigenvalue weighted by molar-refractivity contribution is 5.95. The summed E-state index contributed by atoms with van der Waals surface area (Å²) < 4.78 is 19.2. The number of para-hydroxylation sites is 1. The zero-order chi connectivity index (χ0) is 16.3. The van der Waals surface area contributed by atoms with Crippen molar-refractivity contribution in [3.05, 3.63) is 65.0 Å². The van der Waals surface area contributed by atoms with E-state index in [-0.39, 0.29) is 5.56 Å². The van der Waals surface area contributed by atoms with E-state index >= 15 is 0 Å². The first-order chi connectivity index (χ1) is 10.3. The van der Waals surface area contributed by atoms with E-state index < -0.39 is 17.3 Å². The van der Waals surface area contributed by atoms with Crippen LogP contribution in [0.25, 0.3) is 0 Å². The predicted molar refractivity (Wildman–Crippen MR) is 84.6 cm³/mol. The molecule has 0 aliphatic heterocycles. The summed E-state index contributed by atoms with van der Waals surface area (Å²) in [7, 11) is 1.58. The van der Waals surface area contributed by atoms with E-state index in [4.69, 9.17) is 4.74 Å². The van der Waals surface area contributed by atoms with Gasteiger partial charge >= 0.3 is 0 Å². The van der Waals surface area contributed by atoms with Crippen molar-refractivity contribution in [3.8, 4) is 5.75 Å². The molecule has 0 unspecified atom stereocenters. The molecular weight excluding hydrogens is 281 g/mol. The van der Waals surface area contributed by atoms with E-state index in [9.17, 15) is 9.18 Å². The fourth-order valence-electron chi connectivity index (χ4n) is 2.39. The van der Waals surface area contributed by atoms with Gasteiger partial charge in [0.15, 0.2) is 0 Å². The van der Waals surface area contributed by atoms with Crippen LogP contribution in [0.1, 0.15) is 35.3 Å². The summed E-state index contributed by atoms with van der Waals surface area (Å²) in [6, 6.07) is 11.9. The maximum atomic E-state index is 13.9. The van der Waals surface area contributed by atoms with Crippen molar-refractivity contribution in [1.29, 1.82) is 0 Å². The molecule has 0 bridgehead atoms. The van der Waals surface area contributed by atoms with Crippen LogP contribution >= 0.6 is 0 Å². The minimum atomic E-state index is -0.695. The summed E-state index contributed by atoms with van der Waals surface area (Å²) in [5, 5.41) is 2.87. The Balaban J connectivity index is 2.32. The molecular formula is C18H20FNO2. The Hall–Kier alpha value is -2.36. The molecule has 0 fully saturated rings. The lowest BCUT2D eigenvalue weighted by Gasteiger charge is -2.28. The standard InChI is InChI=1S/C18H20FNO2/c1-12-9-10-15(19)13(11-12)17(21)20-18(2,3)14-7-5-6-8-16(14)22-4/h5-11H,1-4H3,(H,20,21). The number of carbonyl (C=O) groups excluding carboxylic acids is 1. The van der Waals surface area contributed by atoms with E-state index in [0.29, 0.717) is 5.75 Å². The van der Waals surface area contributed by atoms with Gasteiger partial charge in [-0.25, -0.2) is 4.39 Å². The highest BCUT2D eigenvalue weighted by Crippen LogP contribution is 2.29. The lowest BCUT2D eigenvalue weighted by molar-refractivity contribution is 0.0907. The van der Waals surface area contributed by atoms with Gasteiger partial charge in [0.2, 0.25) is 0 Å². The monoisotopic (exact) mass is 301 g/mol. The summed E-state index contributed by atoms with van der Waals surface area (Å²) >= 11 is 0. The average Bonchev–Trinajstić information content (AvgIpc) is 2.49. The van der Waals surface area contributed by atoms with Gasteiger partial charge in [0.25, 0.3) is 5.91 Å². The second kappa shape index (κ2) is 6.18. The molecule has 0 radical (unpaired) electrons. The first-order valence-corrected chi connectivity index (χ1v) is 7.07. The number of carbonyl (C=O) groups is 1. The molecule has 3 nitrogen and oxygen atoms in total. The van der Waals surface area contributed by atoms with Crippen LogP contribution in [-0.2, 0) is 5.54 Å². The Bertz CT molecular complexity index is 695. The van der Waals surface area contributed by atoms with Crippen molar-refractivity contribution in [1.82, 2.24) is 5.32 Å². The minimum Gasteiger partial charge on any atom is -0.496 e. The summed E-state index contributed by atoms with van der Waals surface area (Å²) in [5.74, 6) is -0.298. The van der Waals surface area contributed by atoms with Gasteiger partial charge in [-0.15, -0.1) is 0 Å². The van der Waals surface area contributed by atoms with Crippen molar-refractivity contribution >= 4 is 5.91 Å². The van der Waals surface area contributed by atoms with Crippen LogP contribution in [0.5, 0.6) is 5.75 Å². The summed E-state index contributed by atoms with van der Waals surface area (Å²) in [5.41, 5.74) is 1.02. The number of hydrogen-bond donors (Lipinski definition) is 1. The number of benzene rings is 2. The van der Waals surface area contributed by atoms with Crippen molar-refractivity contribution in [2.45, 2.75) is 26.3 Å². The number of halogens is 1. The lowest BCUT2D eigenvalue weighted by atomic mass is 9.92. The highest BCUT2D eigenvalue weighted by Gasteiger charge is 2.27. The quantitative estimate of drug-likeness (QED) is 0.932. The number of nitrogens with one attached hydrogen (secondary N) is 1. The summed E-state index contributed by atoms with van der Waals surface area (Å²) in [6.45, 7) is 5.54. The van der Waals surface area contributed by atoms with Gasteiger partial charge < -0.3 is 10.1 Å². The van der Waals surface area contributed by atoms with Crippen molar-refractivity contribution < 1.29 is 13.9 Å². The maximum absolute atomic E-state index is 13.9. The highest BCUT2D eigenvalue weighted by atomic mass is 19.1. The molecule has 2 rings (SSSR count). The van der Waals surface area contributed by atoms with Crippen LogP contribution in [0.2, 0.25) is 0 Å². The van der Waals surface area contributed by atoms with Gasteiger partial charge in [-0.2, -0.15) is 0 Å². The van der Waals surface area contributed by atoms with Crippen LogP contribution in [0.3, 0.4) is 0 Å². The van der Waals surface area contributed by atoms with E-state index in [1.807, 2.05) is 45.0 Å². The molecule has 0 saturated carbocycles. The van der Waals surface area contributed by atoms with E-state index in [1.165, 1.54) is 6.07 Å². The van der Waals surface area contributed by atoms with Crippen molar-refractivity contribution in [2.75, 3.05) is 7.11 Å². The molecule has 1 amide bonds.